The number of likely N-dealkylation sites (N-methyl/N-ethyl adjacent to an activating group) is 1. The standard InChI is InChI=1S/C18H29N5O3/c1-4-22-10-7-19-17(25)14(22)11-15(24)23-8-5-13(6-9-23)18-20-16(12(2)3)21-26-18/h12-14H,4-11H2,1-3H3,(H,19,25). The number of rotatable bonds is 5. The zero-order valence-electron chi connectivity index (χ0n) is 15.9. The van der Waals surface area contributed by atoms with Gasteiger partial charge in [0.25, 0.3) is 0 Å². The van der Waals surface area contributed by atoms with Gasteiger partial charge in [0.2, 0.25) is 17.7 Å². The van der Waals surface area contributed by atoms with Crippen molar-refractivity contribution in [1.82, 2.24) is 25.3 Å². The summed E-state index contributed by atoms with van der Waals surface area (Å²) in [4.78, 5) is 33.2. The van der Waals surface area contributed by atoms with E-state index in [1.165, 1.54) is 0 Å². The maximum atomic E-state index is 12.7. The number of hydrogen-bond acceptors (Lipinski definition) is 6. The molecule has 1 unspecified atom stereocenters. The molecule has 2 amide bonds. The number of carbonyl (C=O) groups is 2. The molecule has 1 aromatic heterocycles. The Morgan fingerprint density at radius 1 is 1.31 bits per heavy atom. The number of aromatic nitrogens is 2. The minimum absolute atomic E-state index is 0.0339. The monoisotopic (exact) mass is 363 g/mol. The predicted molar refractivity (Wildman–Crippen MR) is 95.6 cm³/mol. The Morgan fingerprint density at radius 2 is 2.04 bits per heavy atom. The van der Waals surface area contributed by atoms with E-state index >= 15 is 0 Å². The zero-order chi connectivity index (χ0) is 18.7. The smallest absolute Gasteiger partial charge is 0.237 e. The molecule has 0 radical (unpaired) electrons. The van der Waals surface area contributed by atoms with Crippen molar-refractivity contribution >= 4 is 11.8 Å². The number of nitrogens with one attached hydrogen (secondary N) is 1. The van der Waals surface area contributed by atoms with Gasteiger partial charge in [0.15, 0.2) is 5.82 Å². The third-order valence-electron chi connectivity index (χ3n) is 5.39. The molecule has 8 heteroatoms. The summed E-state index contributed by atoms with van der Waals surface area (Å²) in [5.41, 5.74) is 0. The van der Waals surface area contributed by atoms with Crippen LogP contribution in [0.25, 0.3) is 0 Å². The van der Waals surface area contributed by atoms with E-state index in [1.807, 2.05) is 25.7 Å². The number of piperazine rings is 1. The molecule has 2 aliphatic heterocycles. The van der Waals surface area contributed by atoms with Gasteiger partial charge < -0.3 is 14.7 Å². The van der Waals surface area contributed by atoms with Crippen LogP contribution < -0.4 is 5.32 Å². The molecule has 1 aromatic rings. The molecule has 3 rings (SSSR count). The van der Waals surface area contributed by atoms with Crippen molar-refractivity contribution < 1.29 is 14.1 Å². The summed E-state index contributed by atoms with van der Waals surface area (Å²) in [5, 5.41) is 6.90. The molecule has 0 bridgehead atoms. The molecular formula is C18H29N5O3. The molecule has 2 fully saturated rings. The van der Waals surface area contributed by atoms with Crippen molar-refractivity contribution in [2.75, 3.05) is 32.7 Å². The molecule has 3 heterocycles. The molecular weight excluding hydrogens is 334 g/mol. The Balaban J connectivity index is 1.53. The minimum Gasteiger partial charge on any atom is -0.353 e. The van der Waals surface area contributed by atoms with E-state index in [-0.39, 0.29) is 36.1 Å². The summed E-state index contributed by atoms with van der Waals surface area (Å²) in [7, 11) is 0. The highest BCUT2D eigenvalue weighted by atomic mass is 16.5. The fraction of sp³-hybridized carbons (Fsp3) is 0.778. The molecule has 0 spiro atoms. The third-order valence-corrected chi connectivity index (χ3v) is 5.39. The molecule has 0 saturated carbocycles. The first kappa shape index (κ1) is 18.8. The molecule has 144 valence electrons. The van der Waals surface area contributed by atoms with Crippen LogP contribution in [-0.2, 0) is 9.59 Å². The molecule has 26 heavy (non-hydrogen) atoms. The van der Waals surface area contributed by atoms with E-state index in [9.17, 15) is 9.59 Å². The number of likely N-dealkylation sites (tertiary alicyclic amines) is 1. The van der Waals surface area contributed by atoms with E-state index < -0.39 is 0 Å². The highest BCUT2D eigenvalue weighted by molar-refractivity contribution is 5.88. The van der Waals surface area contributed by atoms with Crippen molar-refractivity contribution in [1.29, 1.82) is 0 Å². The van der Waals surface area contributed by atoms with E-state index in [1.54, 1.807) is 0 Å². The quantitative estimate of drug-likeness (QED) is 0.843. The molecule has 8 nitrogen and oxygen atoms in total. The van der Waals surface area contributed by atoms with Gasteiger partial charge in [0.05, 0.1) is 12.5 Å². The topological polar surface area (TPSA) is 91.6 Å². The highest BCUT2D eigenvalue weighted by Crippen LogP contribution is 2.28. The summed E-state index contributed by atoms with van der Waals surface area (Å²) < 4.78 is 5.40. The normalized spacial score (nSPS) is 22.7. The van der Waals surface area contributed by atoms with Crippen LogP contribution in [0, 0.1) is 0 Å². The van der Waals surface area contributed by atoms with E-state index in [0.29, 0.717) is 25.5 Å². The van der Waals surface area contributed by atoms with Gasteiger partial charge in [-0.15, -0.1) is 0 Å². The van der Waals surface area contributed by atoms with Gasteiger partial charge in [0, 0.05) is 38.0 Å². The van der Waals surface area contributed by atoms with Gasteiger partial charge in [0.1, 0.15) is 0 Å². The van der Waals surface area contributed by atoms with Gasteiger partial charge >= 0.3 is 0 Å². The lowest BCUT2D eigenvalue weighted by Gasteiger charge is -2.36. The van der Waals surface area contributed by atoms with E-state index in [2.05, 4.69) is 20.4 Å². The third kappa shape index (κ3) is 4.06. The largest absolute Gasteiger partial charge is 0.353 e. The molecule has 1 atom stereocenters. The number of hydrogen-bond donors (Lipinski definition) is 1. The minimum atomic E-state index is -0.344. The average Bonchev–Trinajstić information content (AvgIpc) is 3.14. The second-order valence-corrected chi connectivity index (χ2v) is 7.44. The Hall–Kier alpha value is -1.96. The second kappa shape index (κ2) is 8.16. The van der Waals surface area contributed by atoms with Crippen LogP contribution in [0.5, 0.6) is 0 Å². The first-order chi connectivity index (χ1) is 12.5. The molecule has 0 aromatic carbocycles. The Kier molecular flexibility index (Phi) is 5.90. The second-order valence-electron chi connectivity index (χ2n) is 7.44. The summed E-state index contributed by atoms with van der Waals surface area (Å²) in [5.74, 6) is 1.90. The van der Waals surface area contributed by atoms with Crippen LogP contribution in [0.4, 0.5) is 0 Å². The maximum absolute atomic E-state index is 12.7. The van der Waals surface area contributed by atoms with Gasteiger partial charge in [-0.2, -0.15) is 4.98 Å². The predicted octanol–water partition coefficient (Wildman–Crippen LogP) is 1.11. The van der Waals surface area contributed by atoms with Crippen LogP contribution in [0.1, 0.15) is 63.6 Å². The molecule has 2 aliphatic rings. The Bertz CT molecular complexity index is 637. The van der Waals surface area contributed by atoms with Crippen LogP contribution in [0.3, 0.4) is 0 Å². The van der Waals surface area contributed by atoms with Crippen molar-refractivity contribution in [3.05, 3.63) is 11.7 Å². The lowest BCUT2D eigenvalue weighted by Crippen LogP contribution is -2.56. The fourth-order valence-corrected chi connectivity index (χ4v) is 3.68. The summed E-state index contributed by atoms with van der Waals surface area (Å²) >= 11 is 0. The zero-order valence-corrected chi connectivity index (χ0v) is 15.9. The first-order valence-electron chi connectivity index (χ1n) is 9.62. The van der Waals surface area contributed by atoms with Gasteiger partial charge in [-0.1, -0.05) is 25.9 Å². The van der Waals surface area contributed by atoms with Crippen LogP contribution in [0.2, 0.25) is 0 Å². The highest BCUT2D eigenvalue weighted by Gasteiger charge is 2.34. The lowest BCUT2D eigenvalue weighted by atomic mass is 9.96. The van der Waals surface area contributed by atoms with E-state index in [4.69, 9.17) is 4.52 Å². The lowest BCUT2D eigenvalue weighted by molar-refractivity contribution is -0.139. The Morgan fingerprint density at radius 3 is 2.65 bits per heavy atom. The number of amides is 2. The number of nitrogens with zero attached hydrogens (tertiary/aromatic N) is 4. The molecule has 1 N–H and O–H groups in total. The molecule has 0 aliphatic carbocycles. The van der Waals surface area contributed by atoms with Crippen molar-refractivity contribution in [3.63, 3.8) is 0 Å². The average molecular weight is 363 g/mol. The van der Waals surface area contributed by atoms with Crippen molar-refractivity contribution in [2.24, 2.45) is 0 Å². The number of carbonyl (C=O) groups excluding carboxylic acids is 2. The van der Waals surface area contributed by atoms with Crippen molar-refractivity contribution in [3.8, 4) is 0 Å². The summed E-state index contributed by atoms with van der Waals surface area (Å²) in [6.45, 7) is 9.68. The van der Waals surface area contributed by atoms with Crippen LogP contribution >= 0.6 is 0 Å². The van der Waals surface area contributed by atoms with Crippen LogP contribution in [0.15, 0.2) is 4.52 Å². The van der Waals surface area contributed by atoms with Gasteiger partial charge in [-0.25, -0.2) is 0 Å². The Labute approximate surface area is 154 Å². The molecule has 2 saturated heterocycles. The first-order valence-corrected chi connectivity index (χ1v) is 9.62. The van der Waals surface area contributed by atoms with Crippen molar-refractivity contribution in [2.45, 2.75) is 57.9 Å². The summed E-state index contributed by atoms with van der Waals surface area (Å²) in [6, 6.07) is -0.344. The fourth-order valence-electron chi connectivity index (χ4n) is 3.68. The van der Waals surface area contributed by atoms with Gasteiger partial charge in [-0.3, -0.25) is 14.5 Å². The number of piperidine rings is 1. The van der Waals surface area contributed by atoms with Gasteiger partial charge in [-0.05, 0) is 19.4 Å². The van der Waals surface area contributed by atoms with Crippen LogP contribution in [-0.4, -0.2) is 70.5 Å². The van der Waals surface area contributed by atoms with E-state index in [0.717, 1.165) is 31.8 Å². The maximum Gasteiger partial charge on any atom is 0.237 e. The summed E-state index contributed by atoms with van der Waals surface area (Å²) in [6.07, 6.45) is 1.89. The SMILES string of the molecule is CCN1CCNC(=O)C1CC(=O)N1CCC(c2nc(C(C)C)no2)CC1.